The summed E-state index contributed by atoms with van der Waals surface area (Å²) in [6, 6.07) is 15.7. The summed E-state index contributed by atoms with van der Waals surface area (Å²) in [5.41, 5.74) is 3.91. The van der Waals surface area contributed by atoms with Gasteiger partial charge in [-0.1, -0.05) is 17.7 Å². The van der Waals surface area contributed by atoms with E-state index in [1.807, 2.05) is 55.5 Å². The predicted molar refractivity (Wildman–Crippen MR) is 97.1 cm³/mol. The Morgan fingerprint density at radius 2 is 1.56 bits per heavy atom. The molecule has 4 rings (SSSR count). The van der Waals surface area contributed by atoms with Crippen molar-refractivity contribution in [2.24, 2.45) is 0 Å². The van der Waals surface area contributed by atoms with Crippen LogP contribution in [0.15, 0.2) is 48.5 Å². The molecule has 0 fully saturated rings. The highest BCUT2D eigenvalue weighted by atomic mass is 16.7. The van der Waals surface area contributed by atoms with Gasteiger partial charge >= 0.3 is 0 Å². The predicted octanol–water partition coefficient (Wildman–Crippen LogP) is 4.31. The molecule has 6 nitrogen and oxygen atoms in total. The maximum atomic E-state index is 5.41. The molecule has 0 spiro atoms. The van der Waals surface area contributed by atoms with Crippen molar-refractivity contribution in [3.05, 3.63) is 59.8 Å². The van der Waals surface area contributed by atoms with Crippen LogP contribution in [0.25, 0.3) is 0 Å². The molecule has 25 heavy (non-hydrogen) atoms. The second-order valence-corrected chi connectivity index (χ2v) is 5.90. The molecule has 0 saturated heterocycles. The number of ether oxygens (including phenoxy) is 2. The topological polar surface area (TPSA) is 68.3 Å². The van der Waals surface area contributed by atoms with Gasteiger partial charge in [-0.3, -0.25) is 0 Å². The van der Waals surface area contributed by atoms with Crippen molar-refractivity contribution >= 4 is 23.1 Å². The first-order valence-corrected chi connectivity index (χ1v) is 8.02. The Bertz CT molecular complexity index is 910. The summed E-state index contributed by atoms with van der Waals surface area (Å²) in [6.45, 7) is 4.25. The molecule has 2 heterocycles. The van der Waals surface area contributed by atoms with Gasteiger partial charge in [-0.25, -0.2) is 4.98 Å². The standard InChI is InChI=1S/C19H18N4O2/c1-12-3-5-14(6-4-12)22-19-20-13(2)9-18(23-19)21-15-7-8-16-17(10-15)25-11-24-16/h3-10H,11H2,1-2H3,(H2,20,21,22,23). The highest BCUT2D eigenvalue weighted by molar-refractivity contribution is 5.63. The zero-order valence-corrected chi connectivity index (χ0v) is 14.0. The molecule has 0 aliphatic carbocycles. The number of nitrogens with one attached hydrogen (secondary N) is 2. The Morgan fingerprint density at radius 3 is 2.40 bits per heavy atom. The summed E-state index contributed by atoms with van der Waals surface area (Å²) in [4.78, 5) is 8.98. The van der Waals surface area contributed by atoms with Crippen molar-refractivity contribution < 1.29 is 9.47 Å². The van der Waals surface area contributed by atoms with E-state index in [-0.39, 0.29) is 6.79 Å². The molecule has 1 aliphatic rings. The van der Waals surface area contributed by atoms with Gasteiger partial charge in [0, 0.05) is 29.2 Å². The highest BCUT2D eigenvalue weighted by Crippen LogP contribution is 2.35. The number of hydrogen-bond donors (Lipinski definition) is 2. The third-order valence-corrected chi connectivity index (χ3v) is 3.81. The molecular formula is C19H18N4O2. The number of nitrogens with zero attached hydrogens (tertiary/aromatic N) is 2. The van der Waals surface area contributed by atoms with Crippen LogP contribution in [0, 0.1) is 13.8 Å². The van der Waals surface area contributed by atoms with E-state index in [9.17, 15) is 0 Å². The third kappa shape index (κ3) is 3.47. The van der Waals surface area contributed by atoms with E-state index in [1.165, 1.54) is 5.56 Å². The largest absolute Gasteiger partial charge is 0.454 e. The summed E-state index contributed by atoms with van der Waals surface area (Å²) in [6.07, 6.45) is 0. The molecule has 3 aromatic rings. The number of aromatic nitrogens is 2. The minimum absolute atomic E-state index is 0.260. The number of aryl methyl sites for hydroxylation is 2. The smallest absolute Gasteiger partial charge is 0.231 e. The fourth-order valence-electron chi connectivity index (χ4n) is 2.58. The molecule has 0 radical (unpaired) electrons. The van der Waals surface area contributed by atoms with Gasteiger partial charge in [0.05, 0.1) is 0 Å². The van der Waals surface area contributed by atoms with Gasteiger partial charge in [-0.15, -0.1) is 0 Å². The number of benzene rings is 2. The van der Waals surface area contributed by atoms with Crippen LogP contribution in [0.3, 0.4) is 0 Å². The SMILES string of the molecule is Cc1ccc(Nc2nc(C)cc(Nc3ccc4c(c3)OCO4)n2)cc1. The van der Waals surface area contributed by atoms with Crippen molar-refractivity contribution in [3.8, 4) is 11.5 Å². The molecule has 0 unspecified atom stereocenters. The minimum atomic E-state index is 0.260. The molecule has 0 amide bonds. The summed E-state index contributed by atoms with van der Waals surface area (Å²) in [5.74, 6) is 2.74. The number of fused-ring (bicyclic) bond motifs is 1. The Hall–Kier alpha value is -3.28. The number of anilines is 4. The normalized spacial score (nSPS) is 12.1. The first-order valence-electron chi connectivity index (χ1n) is 8.02. The highest BCUT2D eigenvalue weighted by Gasteiger charge is 2.13. The lowest BCUT2D eigenvalue weighted by Gasteiger charge is -2.10. The molecule has 126 valence electrons. The fourth-order valence-corrected chi connectivity index (χ4v) is 2.58. The first-order chi connectivity index (χ1) is 12.2. The Morgan fingerprint density at radius 1 is 0.800 bits per heavy atom. The third-order valence-electron chi connectivity index (χ3n) is 3.81. The van der Waals surface area contributed by atoms with Crippen LogP contribution in [0.4, 0.5) is 23.1 Å². The van der Waals surface area contributed by atoms with Crippen LogP contribution >= 0.6 is 0 Å². The summed E-state index contributed by atoms with van der Waals surface area (Å²) >= 11 is 0. The van der Waals surface area contributed by atoms with E-state index in [1.54, 1.807) is 0 Å². The van der Waals surface area contributed by atoms with Crippen LogP contribution in [-0.2, 0) is 0 Å². The van der Waals surface area contributed by atoms with Gasteiger partial charge in [-0.05, 0) is 38.1 Å². The first kappa shape index (κ1) is 15.3. The second-order valence-electron chi connectivity index (χ2n) is 5.90. The van der Waals surface area contributed by atoms with E-state index >= 15 is 0 Å². The lowest BCUT2D eigenvalue weighted by atomic mass is 10.2. The summed E-state index contributed by atoms with van der Waals surface area (Å²) < 4.78 is 10.7. The Balaban J connectivity index is 1.56. The van der Waals surface area contributed by atoms with Gasteiger partial charge in [0.15, 0.2) is 11.5 Å². The van der Waals surface area contributed by atoms with E-state index in [4.69, 9.17) is 9.47 Å². The summed E-state index contributed by atoms with van der Waals surface area (Å²) in [7, 11) is 0. The average molecular weight is 334 g/mol. The van der Waals surface area contributed by atoms with Crippen LogP contribution in [0.5, 0.6) is 11.5 Å². The van der Waals surface area contributed by atoms with Crippen molar-refractivity contribution in [2.45, 2.75) is 13.8 Å². The molecule has 0 bridgehead atoms. The van der Waals surface area contributed by atoms with Gasteiger partial charge < -0.3 is 20.1 Å². The van der Waals surface area contributed by atoms with Crippen LogP contribution in [0.2, 0.25) is 0 Å². The van der Waals surface area contributed by atoms with Crippen molar-refractivity contribution in [3.63, 3.8) is 0 Å². The van der Waals surface area contributed by atoms with Gasteiger partial charge in [0.1, 0.15) is 5.82 Å². The van der Waals surface area contributed by atoms with Crippen LogP contribution in [-0.4, -0.2) is 16.8 Å². The second kappa shape index (κ2) is 6.32. The number of hydrogen-bond acceptors (Lipinski definition) is 6. The van der Waals surface area contributed by atoms with E-state index in [2.05, 4.69) is 27.5 Å². The zero-order valence-electron chi connectivity index (χ0n) is 14.0. The Kier molecular flexibility index (Phi) is 3.85. The average Bonchev–Trinajstić information content (AvgIpc) is 3.04. The molecule has 2 aromatic carbocycles. The van der Waals surface area contributed by atoms with Gasteiger partial charge in [0.25, 0.3) is 0 Å². The zero-order chi connectivity index (χ0) is 17.2. The number of rotatable bonds is 4. The van der Waals surface area contributed by atoms with Gasteiger partial charge in [0.2, 0.25) is 12.7 Å². The fraction of sp³-hybridized carbons (Fsp3) is 0.158. The van der Waals surface area contributed by atoms with Crippen molar-refractivity contribution in [2.75, 3.05) is 17.4 Å². The van der Waals surface area contributed by atoms with Crippen LogP contribution < -0.4 is 20.1 Å². The maximum absolute atomic E-state index is 5.41. The van der Waals surface area contributed by atoms with Crippen LogP contribution in [0.1, 0.15) is 11.3 Å². The molecule has 0 atom stereocenters. The van der Waals surface area contributed by atoms with E-state index in [0.29, 0.717) is 11.8 Å². The Labute approximate surface area is 145 Å². The molecular weight excluding hydrogens is 316 g/mol. The lowest BCUT2D eigenvalue weighted by molar-refractivity contribution is 0.174. The summed E-state index contributed by atoms with van der Waals surface area (Å²) in [5, 5.41) is 6.52. The molecule has 2 N–H and O–H groups in total. The van der Waals surface area contributed by atoms with Gasteiger partial charge in [-0.2, -0.15) is 4.98 Å². The molecule has 6 heteroatoms. The molecule has 1 aromatic heterocycles. The minimum Gasteiger partial charge on any atom is -0.454 e. The molecule has 1 aliphatic heterocycles. The lowest BCUT2D eigenvalue weighted by Crippen LogP contribution is -2.02. The molecule has 0 saturated carbocycles. The van der Waals surface area contributed by atoms with E-state index < -0.39 is 0 Å². The maximum Gasteiger partial charge on any atom is 0.231 e. The monoisotopic (exact) mass is 334 g/mol. The van der Waals surface area contributed by atoms with Crippen molar-refractivity contribution in [1.82, 2.24) is 9.97 Å². The van der Waals surface area contributed by atoms with E-state index in [0.717, 1.165) is 28.6 Å². The van der Waals surface area contributed by atoms with Crippen molar-refractivity contribution in [1.29, 1.82) is 0 Å². The quantitative estimate of drug-likeness (QED) is 0.741.